The standard InChI is InChI=1S/C25H32N2O4/c1-16(28)26(8-7-25-13-17-9-18(14-25)11-19(10-17)15-25)21-12-23(29)27(24(21)30)20-5-3-4-6-22(20)31-2/h3-6,17-19,21H,7-15H2,1-2H3/t17?,18?,19?,21-,25?/m1/s1. The fourth-order valence-electron chi connectivity index (χ4n) is 7.41. The summed E-state index contributed by atoms with van der Waals surface area (Å²) in [4.78, 5) is 41.6. The van der Waals surface area contributed by atoms with E-state index in [0.717, 1.165) is 24.2 Å². The van der Waals surface area contributed by atoms with Crippen molar-refractivity contribution in [2.45, 2.75) is 64.3 Å². The zero-order valence-electron chi connectivity index (χ0n) is 18.5. The van der Waals surface area contributed by atoms with Gasteiger partial charge < -0.3 is 9.64 Å². The second-order valence-electron chi connectivity index (χ2n) is 10.3. The number of carbonyl (C=O) groups excluding carboxylic acids is 3. The molecule has 1 aromatic carbocycles. The van der Waals surface area contributed by atoms with Crippen molar-refractivity contribution in [2.24, 2.45) is 23.2 Å². The zero-order chi connectivity index (χ0) is 21.8. The maximum absolute atomic E-state index is 13.3. The summed E-state index contributed by atoms with van der Waals surface area (Å²) < 4.78 is 5.36. The van der Waals surface area contributed by atoms with E-state index in [4.69, 9.17) is 4.74 Å². The summed E-state index contributed by atoms with van der Waals surface area (Å²) in [6.45, 7) is 2.08. The van der Waals surface area contributed by atoms with Gasteiger partial charge in [0.1, 0.15) is 11.8 Å². The molecule has 4 bridgehead atoms. The highest BCUT2D eigenvalue weighted by Crippen LogP contribution is 2.61. The van der Waals surface area contributed by atoms with E-state index in [1.165, 1.54) is 57.5 Å². The Labute approximate surface area is 183 Å². The van der Waals surface area contributed by atoms with Crippen molar-refractivity contribution in [2.75, 3.05) is 18.6 Å². The lowest BCUT2D eigenvalue weighted by atomic mass is 9.49. The fraction of sp³-hybridized carbons (Fsp3) is 0.640. The summed E-state index contributed by atoms with van der Waals surface area (Å²) in [5.41, 5.74) is 0.781. The lowest BCUT2D eigenvalue weighted by molar-refractivity contribution is -0.138. The molecule has 0 unspecified atom stereocenters. The van der Waals surface area contributed by atoms with E-state index in [0.29, 0.717) is 23.4 Å². The van der Waals surface area contributed by atoms with Crippen LogP contribution < -0.4 is 9.64 Å². The predicted octanol–water partition coefficient (Wildman–Crippen LogP) is 3.78. The van der Waals surface area contributed by atoms with Crippen LogP contribution in [0.2, 0.25) is 0 Å². The molecule has 5 aliphatic rings. The van der Waals surface area contributed by atoms with Gasteiger partial charge in [-0.1, -0.05) is 12.1 Å². The molecule has 0 spiro atoms. The van der Waals surface area contributed by atoms with Crippen LogP contribution in [0.3, 0.4) is 0 Å². The summed E-state index contributed by atoms with van der Waals surface area (Å²) in [7, 11) is 1.52. The van der Waals surface area contributed by atoms with Gasteiger partial charge in [-0.2, -0.15) is 0 Å². The van der Waals surface area contributed by atoms with Crippen LogP contribution in [0.15, 0.2) is 24.3 Å². The van der Waals surface area contributed by atoms with Gasteiger partial charge in [-0.3, -0.25) is 14.4 Å². The zero-order valence-corrected chi connectivity index (χ0v) is 18.5. The Morgan fingerprint density at radius 1 is 1.10 bits per heavy atom. The monoisotopic (exact) mass is 424 g/mol. The van der Waals surface area contributed by atoms with Gasteiger partial charge >= 0.3 is 0 Å². The van der Waals surface area contributed by atoms with Gasteiger partial charge in [0.15, 0.2) is 0 Å². The number of benzene rings is 1. The van der Waals surface area contributed by atoms with Crippen LogP contribution in [0.5, 0.6) is 5.75 Å². The van der Waals surface area contributed by atoms with Gasteiger partial charge in [0, 0.05) is 13.5 Å². The number of ether oxygens (including phenoxy) is 1. The summed E-state index contributed by atoms with van der Waals surface area (Å²) in [5.74, 6) is 2.31. The van der Waals surface area contributed by atoms with Crippen LogP contribution in [-0.4, -0.2) is 42.3 Å². The minimum atomic E-state index is -0.719. The topological polar surface area (TPSA) is 66.9 Å². The van der Waals surface area contributed by atoms with Gasteiger partial charge in [-0.05, 0) is 80.2 Å². The lowest BCUT2D eigenvalue weighted by Crippen LogP contribution is -2.50. The molecule has 6 rings (SSSR count). The minimum Gasteiger partial charge on any atom is -0.495 e. The number of rotatable bonds is 6. The Kier molecular flexibility index (Phi) is 5.06. The normalized spacial score (nSPS) is 33.8. The number of carbonyl (C=O) groups is 3. The summed E-state index contributed by atoms with van der Waals surface area (Å²) in [6.07, 6.45) is 8.97. The van der Waals surface area contributed by atoms with Gasteiger partial charge in [0.2, 0.25) is 11.8 Å². The van der Waals surface area contributed by atoms with Gasteiger partial charge in [-0.25, -0.2) is 4.90 Å². The van der Waals surface area contributed by atoms with E-state index in [1.807, 2.05) is 0 Å². The average Bonchev–Trinajstić information content (AvgIpc) is 3.00. The van der Waals surface area contributed by atoms with Crippen molar-refractivity contribution < 1.29 is 19.1 Å². The SMILES string of the molecule is COc1ccccc1N1C(=O)C[C@@H](N(CCC23CC4CC(CC(C4)C2)C3)C(C)=O)C1=O. The van der Waals surface area contributed by atoms with E-state index in [1.54, 1.807) is 29.2 Å². The Morgan fingerprint density at radius 3 is 2.29 bits per heavy atom. The van der Waals surface area contributed by atoms with Gasteiger partial charge in [0.05, 0.1) is 19.2 Å². The van der Waals surface area contributed by atoms with E-state index in [-0.39, 0.29) is 24.1 Å². The van der Waals surface area contributed by atoms with Gasteiger partial charge in [0.25, 0.3) is 5.91 Å². The average molecular weight is 425 g/mol. The molecule has 1 heterocycles. The highest BCUT2D eigenvalue weighted by Gasteiger charge is 2.51. The molecule has 6 heteroatoms. The number of hydrogen-bond acceptors (Lipinski definition) is 4. The highest BCUT2D eigenvalue weighted by atomic mass is 16.5. The first-order valence-corrected chi connectivity index (χ1v) is 11.7. The number of amides is 3. The Morgan fingerprint density at radius 2 is 1.71 bits per heavy atom. The molecule has 1 aliphatic heterocycles. The molecular weight excluding hydrogens is 392 g/mol. The third-order valence-electron chi connectivity index (χ3n) is 8.28. The molecule has 166 valence electrons. The molecule has 4 saturated carbocycles. The third-order valence-corrected chi connectivity index (χ3v) is 8.28. The first-order chi connectivity index (χ1) is 14.9. The van der Waals surface area contributed by atoms with Crippen molar-refractivity contribution in [3.05, 3.63) is 24.3 Å². The van der Waals surface area contributed by atoms with Crippen molar-refractivity contribution in [3.8, 4) is 5.75 Å². The molecule has 1 atom stereocenters. The summed E-state index contributed by atoms with van der Waals surface area (Å²) >= 11 is 0. The number of nitrogens with zero attached hydrogens (tertiary/aromatic N) is 2. The quantitative estimate of drug-likeness (QED) is 0.652. The lowest BCUT2D eigenvalue weighted by Gasteiger charge is -2.57. The minimum absolute atomic E-state index is 0.0390. The molecule has 0 aromatic heterocycles. The number of methoxy groups -OCH3 is 1. The summed E-state index contributed by atoms with van der Waals surface area (Å²) in [6, 6.07) is 6.31. The van der Waals surface area contributed by atoms with Crippen LogP contribution in [0.1, 0.15) is 58.3 Å². The molecule has 31 heavy (non-hydrogen) atoms. The molecule has 6 nitrogen and oxygen atoms in total. The van der Waals surface area contributed by atoms with E-state index in [2.05, 4.69) is 0 Å². The third kappa shape index (κ3) is 3.54. The van der Waals surface area contributed by atoms with E-state index in [9.17, 15) is 14.4 Å². The molecule has 4 aliphatic carbocycles. The molecule has 1 saturated heterocycles. The molecular formula is C25H32N2O4. The largest absolute Gasteiger partial charge is 0.495 e. The number of hydrogen-bond donors (Lipinski definition) is 0. The predicted molar refractivity (Wildman–Crippen MR) is 117 cm³/mol. The highest BCUT2D eigenvalue weighted by molar-refractivity contribution is 6.23. The van der Waals surface area contributed by atoms with Crippen LogP contribution in [0.4, 0.5) is 5.69 Å². The second kappa shape index (κ2) is 7.64. The number of para-hydroxylation sites is 2. The molecule has 1 aromatic rings. The van der Waals surface area contributed by atoms with Crippen LogP contribution >= 0.6 is 0 Å². The van der Waals surface area contributed by atoms with Crippen molar-refractivity contribution >= 4 is 23.4 Å². The van der Waals surface area contributed by atoms with E-state index < -0.39 is 6.04 Å². The number of imide groups is 1. The Bertz CT molecular complexity index is 875. The molecule has 3 amide bonds. The number of anilines is 1. The molecule has 5 fully saturated rings. The van der Waals surface area contributed by atoms with E-state index >= 15 is 0 Å². The van der Waals surface area contributed by atoms with Crippen molar-refractivity contribution in [1.29, 1.82) is 0 Å². The Balaban J connectivity index is 1.33. The molecule has 0 N–H and O–H groups in total. The fourth-order valence-corrected chi connectivity index (χ4v) is 7.41. The van der Waals surface area contributed by atoms with Gasteiger partial charge in [-0.15, -0.1) is 0 Å². The first-order valence-electron chi connectivity index (χ1n) is 11.7. The summed E-state index contributed by atoms with van der Waals surface area (Å²) in [5, 5.41) is 0. The van der Waals surface area contributed by atoms with Crippen molar-refractivity contribution in [1.82, 2.24) is 4.90 Å². The maximum Gasteiger partial charge on any atom is 0.257 e. The van der Waals surface area contributed by atoms with Crippen LogP contribution in [0, 0.1) is 23.2 Å². The molecule has 0 radical (unpaired) electrons. The second-order valence-corrected chi connectivity index (χ2v) is 10.3. The van der Waals surface area contributed by atoms with Crippen LogP contribution in [0.25, 0.3) is 0 Å². The van der Waals surface area contributed by atoms with Crippen LogP contribution in [-0.2, 0) is 14.4 Å². The first kappa shape index (κ1) is 20.5. The maximum atomic E-state index is 13.3. The smallest absolute Gasteiger partial charge is 0.257 e. The van der Waals surface area contributed by atoms with Crippen molar-refractivity contribution in [3.63, 3.8) is 0 Å². The Hall–Kier alpha value is -2.37.